The van der Waals surface area contributed by atoms with Gasteiger partial charge in [0.05, 0.1) is 11.4 Å². The van der Waals surface area contributed by atoms with E-state index in [0.717, 1.165) is 16.4 Å². The number of hydrogen-bond acceptors (Lipinski definition) is 5. The number of carbonyl (C=O) groups excluding carboxylic acids is 1. The summed E-state index contributed by atoms with van der Waals surface area (Å²) >= 11 is 0. The van der Waals surface area contributed by atoms with Gasteiger partial charge in [0, 0.05) is 27.1 Å². The molecule has 140 valence electrons. The van der Waals surface area contributed by atoms with E-state index in [4.69, 9.17) is 5.11 Å². The van der Waals surface area contributed by atoms with Crippen LogP contribution in [0.1, 0.15) is 12.8 Å². The van der Waals surface area contributed by atoms with E-state index in [1.807, 2.05) is 0 Å². The number of sulfonamides is 1. The number of aliphatic carboxylic acids is 1. The first-order chi connectivity index (χ1) is 11.7. The molecule has 0 fully saturated rings. The van der Waals surface area contributed by atoms with Crippen LogP contribution in [0, 0.1) is 5.82 Å². The topological polar surface area (TPSA) is 113 Å². The third-order valence-electron chi connectivity index (χ3n) is 3.44. The lowest BCUT2D eigenvalue weighted by molar-refractivity contribution is -0.148. The van der Waals surface area contributed by atoms with E-state index in [9.17, 15) is 22.4 Å². The van der Waals surface area contributed by atoms with E-state index in [-0.39, 0.29) is 30.8 Å². The zero-order valence-corrected chi connectivity index (χ0v) is 14.8. The number of amides is 1. The summed E-state index contributed by atoms with van der Waals surface area (Å²) in [5.41, 5.74) is 0. The van der Waals surface area contributed by atoms with Crippen LogP contribution in [0.4, 0.5) is 4.39 Å². The number of rotatable bonds is 10. The SMILES string of the molecule is COC(CNC(=O)CCCN(C)S(=O)(=O)c1ccc(F)cc1)C(=O)O. The summed E-state index contributed by atoms with van der Waals surface area (Å²) in [6, 6.07) is 4.46. The first kappa shape index (κ1) is 21.0. The second kappa shape index (κ2) is 9.44. The number of carbonyl (C=O) groups is 2. The van der Waals surface area contributed by atoms with Gasteiger partial charge in [0.2, 0.25) is 15.9 Å². The normalized spacial score (nSPS) is 12.8. The lowest BCUT2D eigenvalue weighted by Gasteiger charge is -2.17. The Hall–Kier alpha value is -2.04. The van der Waals surface area contributed by atoms with Crippen LogP contribution in [0.3, 0.4) is 0 Å². The van der Waals surface area contributed by atoms with Crippen LogP contribution in [0.2, 0.25) is 0 Å². The zero-order chi connectivity index (χ0) is 19.0. The second-order valence-electron chi connectivity index (χ2n) is 5.25. The first-order valence-corrected chi connectivity index (χ1v) is 8.86. The average molecular weight is 376 g/mol. The fraction of sp³-hybridized carbons (Fsp3) is 0.467. The van der Waals surface area contributed by atoms with Gasteiger partial charge < -0.3 is 15.2 Å². The third-order valence-corrected chi connectivity index (χ3v) is 5.31. The highest BCUT2D eigenvalue weighted by molar-refractivity contribution is 7.89. The molecule has 1 aromatic carbocycles. The molecule has 0 radical (unpaired) electrons. The van der Waals surface area contributed by atoms with Gasteiger partial charge in [-0.25, -0.2) is 21.9 Å². The number of carboxylic acid groups (broad SMARTS) is 1. The smallest absolute Gasteiger partial charge is 0.334 e. The Balaban J connectivity index is 2.45. The fourth-order valence-electron chi connectivity index (χ4n) is 1.94. The molecule has 0 aromatic heterocycles. The van der Waals surface area contributed by atoms with Crippen molar-refractivity contribution < 1.29 is 32.2 Å². The number of benzene rings is 1. The molecule has 2 N–H and O–H groups in total. The molecule has 1 aromatic rings. The van der Waals surface area contributed by atoms with E-state index < -0.39 is 33.8 Å². The number of methoxy groups -OCH3 is 1. The van der Waals surface area contributed by atoms with Crippen LogP contribution < -0.4 is 5.32 Å². The molecular formula is C15H21FN2O6S. The molecule has 1 unspecified atom stereocenters. The van der Waals surface area contributed by atoms with E-state index >= 15 is 0 Å². The predicted octanol–water partition coefficient (Wildman–Crippen LogP) is 0.442. The Morgan fingerprint density at radius 3 is 2.44 bits per heavy atom. The van der Waals surface area contributed by atoms with E-state index in [1.54, 1.807) is 0 Å². The van der Waals surface area contributed by atoms with Crippen molar-refractivity contribution in [3.63, 3.8) is 0 Å². The van der Waals surface area contributed by atoms with Gasteiger partial charge in [-0.05, 0) is 30.7 Å². The van der Waals surface area contributed by atoms with E-state index in [0.29, 0.717) is 0 Å². The Bertz CT molecular complexity index is 692. The number of nitrogens with one attached hydrogen (secondary N) is 1. The van der Waals surface area contributed by atoms with Crippen molar-refractivity contribution in [3.8, 4) is 0 Å². The highest BCUT2D eigenvalue weighted by atomic mass is 32.2. The number of hydrogen-bond donors (Lipinski definition) is 2. The minimum Gasteiger partial charge on any atom is -0.479 e. The van der Waals surface area contributed by atoms with Crippen molar-refractivity contribution in [2.75, 3.05) is 27.2 Å². The minimum absolute atomic E-state index is 0.0271. The number of carboxylic acids is 1. The Morgan fingerprint density at radius 2 is 1.92 bits per heavy atom. The molecule has 1 rings (SSSR count). The number of halogens is 1. The largest absolute Gasteiger partial charge is 0.479 e. The third kappa shape index (κ3) is 6.40. The van der Waals surface area contributed by atoms with Crippen LogP contribution in [0.5, 0.6) is 0 Å². The lowest BCUT2D eigenvalue weighted by atomic mass is 10.3. The Labute approximate surface area is 145 Å². The van der Waals surface area contributed by atoms with Crippen molar-refractivity contribution in [3.05, 3.63) is 30.1 Å². The molecule has 0 saturated heterocycles. The zero-order valence-electron chi connectivity index (χ0n) is 13.9. The van der Waals surface area contributed by atoms with Gasteiger partial charge in [-0.2, -0.15) is 0 Å². The summed E-state index contributed by atoms with van der Waals surface area (Å²) in [4.78, 5) is 22.4. The quantitative estimate of drug-likeness (QED) is 0.613. The summed E-state index contributed by atoms with van der Waals surface area (Å²) in [6.45, 7) is -0.0891. The van der Waals surface area contributed by atoms with Crippen LogP contribution in [0.25, 0.3) is 0 Å². The summed E-state index contributed by atoms with van der Waals surface area (Å²) in [6.07, 6.45) is -0.863. The van der Waals surface area contributed by atoms with Gasteiger partial charge >= 0.3 is 5.97 Å². The van der Waals surface area contributed by atoms with Crippen molar-refractivity contribution in [1.82, 2.24) is 9.62 Å². The molecule has 1 amide bonds. The molecule has 0 aliphatic carbocycles. The maximum Gasteiger partial charge on any atom is 0.334 e. The summed E-state index contributed by atoms with van der Waals surface area (Å²) in [5.74, 6) is -2.13. The van der Waals surface area contributed by atoms with Gasteiger partial charge in [0.15, 0.2) is 6.10 Å². The maximum atomic E-state index is 12.9. The lowest BCUT2D eigenvalue weighted by Crippen LogP contribution is -2.38. The monoisotopic (exact) mass is 376 g/mol. The van der Waals surface area contributed by atoms with Gasteiger partial charge in [-0.3, -0.25) is 4.79 Å². The fourth-order valence-corrected chi connectivity index (χ4v) is 3.14. The minimum atomic E-state index is -3.76. The van der Waals surface area contributed by atoms with Gasteiger partial charge in [-0.15, -0.1) is 0 Å². The molecule has 0 bridgehead atoms. The summed E-state index contributed by atoms with van der Waals surface area (Å²) < 4.78 is 43.2. The van der Waals surface area contributed by atoms with Crippen molar-refractivity contribution in [2.45, 2.75) is 23.8 Å². The molecule has 0 heterocycles. The van der Waals surface area contributed by atoms with Gasteiger partial charge in [0.25, 0.3) is 0 Å². The van der Waals surface area contributed by atoms with E-state index in [2.05, 4.69) is 10.1 Å². The molecule has 10 heteroatoms. The predicted molar refractivity (Wildman–Crippen MR) is 86.9 cm³/mol. The molecular weight excluding hydrogens is 355 g/mol. The van der Waals surface area contributed by atoms with E-state index in [1.165, 1.54) is 26.3 Å². The molecule has 0 aliphatic heterocycles. The van der Waals surface area contributed by atoms with Crippen molar-refractivity contribution in [2.24, 2.45) is 0 Å². The number of ether oxygens (including phenoxy) is 1. The van der Waals surface area contributed by atoms with Crippen LogP contribution >= 0.6 is 0 Å². The Morgan fingerprint density at radius 1 is 1.32 bits per heavy atom. The van der Waals surface area contributed by atoms with Crippen LogP contribution in [0.15, 0.2) is 29.2 Å². The number of nitrogens with zero attached hydrogens (tertiary/aromatic N) is 1. The van der Waals surface area contributed by atoms with Gasteiger partial charge in [-0.1, -0.05) is 0 Å². The highest BCUT2D eigenvalue weighted by Crippen LogP contribution is 2.15. The maximum absolute atomic E-state index is 12.9. The molecule has 0 saturated carbocycles. The van der Waals surface area contributed by atoms with Crippen molar-refractivity contribution >= 4 is 21.9 Å². The van der Waals surface area contributed by atoms with Crippen LogP contribution in [-0.4, -0.2) is 63.1 Å². The van der Waals surface area contributed by atoms with Gasteiger partial charge in [0.1, 0.15) is 5.82 Å². The first-order valence-electron chi connectivity index (χ1n) is 7.42. The molecule has 0 spiro atoms. The highest BCUT2D eigenvalue weighted by Gasteiger charge is 2.21. The summed E-state index contributed by atoms with van der Waals surface area (Å²) in [5, 5.41) is 11.2. The Kier molecular flexibility index (Phi) is 7.94. The van der Waals surface area contributed by atoms with Crippen LogP contribution in [-0.2, 0) is 24.3 Å². The average Bonchev–Trinajstić information content (AvgIpc) is 2.55. The van der Waals surface area contributed by atoms with Crippen molar-refractivity contribution in [1.29, 1.82) is 0 Å². The molecule has 1 atom stereocenters. The summed E-state index contributed by atoms with van der Waals surface area (Å²) in [7, 11) is -1.17. The standard InChI is InChI=1S/C15H21FN2O6S/c1-18(25(22,23)12-7-5-11(16)6-8-12)9-3-4-14(19)17-10-13(24-2)15(20)21/h5-8,13H,3-4,9-10H2,1-2H3,(H,17,19)(H,20,21). The molecule has 25 heavy (non-hydrogen) atoms. The molecule has 0 aliphatic rings. The second-order valence-corrected chi connectivity index (χ2v) is 7.30. The molecule has 8 nitrogen and oxygen atoms in total.